The van der Waals surface area contributed by atoms with Crippen LogP contribution in [0.4, 0.5) is 5.69 Å². The van der Waals surface area contributed by atoms with E-state index >= 15 is 0 Å². The quantitative estimate of drug-likeness (QED) is 0.420. The molecule has 1 N–H and O–H groups in total. The maximum Gasteiger partial charge on any atom is 0.349 e. The molecule has 3 rings (SSSR count). The molecule has 162 valence electrons. The summed E-state index contributed by atoms with van der Waals surface area (Å²) in [6, 6.07) is 8.53. The largest absolute Gasteiger partial charge is 0.450 e. The molecule has 0 saturated carbocycles. The summed E-state index contributed by atoms with van der Waals surface area (Å²) < 4.78 is 5.48. The minimum atomic E-state index is -0.941. The van der Waals surface area contributed by atoms with E-state index in [0.29, 0.717) is 16.1 Å². The average molecular weight is 439 g/mol. The number of pyridine rings is 1. The van der Waals surface area contributed by atoms with Gasteiger partial charge in [-0.3, -0.25) is 9.59 Å². The molecule has 1 amide bonds. The van der Waals surface area contributed by atoms with Crippen molar-refractivity contribution in [1.82, 2.24) is 4.98 Å². The van der Waals surface area contributed by atoms with Crippen LogP contribution in [0.5, 0.6) is 0 Å². The maximum atomic E-state index is 12.8. The number of benzene rings is 1. The monoisotopic (exact) mass is 438 g/mol. The fourth-order valence-corrected chi connectivity index (χ4v) is 4.51. The number of hydrogen-bond donors (Lipinski definition) is 1. The van der Waals surface area contributed by atoms with Gasteiger partial charge >= 0.3 is 5.97 Å². The van der Waals surface area contributed by atoms with Gasteiger partial charge in [-0.05, 0) is 69.2 Å². The number of anilines is 1. The number of hydrogen-bond acceptors (Lipinski definition) is 6. The number of fused-ring (bicyclic) bond motifs is 1. The smallest absolute Gasteiger partial charge is 0.349 e. The Kier molecular flexibility index (Phi) is 6.55. The highest BCUT2D eigenvalue weighted by Crippen LogP contribution is 2.33. The van der Waals surface area contributed by atoms with Crippen LogP contribution in [0.1, 0.15) is 57.6 Å². The fourth-order valence-electron chi connectivity index (χ4n) is 3.32. The zero-order valence-electron chi connectivity index (χ0n) is 18.5. The van der Waals surface area contributed by atoms with Crippen LogP contribution in [0.25, 0.3) is 10.2 Å². The maximum absolute atomic E-state index is 12.8. The van der Waals surface area contributed by atoms with Gasteiger partial charge in [0.15, 0.2) is 6.10 Å². The molecule has 1 unspecified atom stereocenters. The molecule has 1 aromatic carbocycles. The molecule has 0 radical (unpaired) electrons. The lowest BCUT2D eigenvalue weighted by Crippen LogP contribution is -2.24. The molecule has 6 nitrogen and oxygen atoms in total. The van der Waals surface area contributed by atoms with Crippen molar-refractivity contribution in [2.45, 2.75) is 47.6 Å². The van der Waals surface area contributed by atoms with E-state index in [1.54, 1.807) is 45.0 Å². The Bertz CT molecular complexity index is 1160. The second-order valence-electron chi connectivity index (χ2n) is 7.95. The lowest BCUT2D eigenvalue weighted by atomic mass is 10.1. The number of ether oxygens (including phenoxy) is 1. The summed E-state index contributed by atoms with van der Waals surface area (Å²) in [6.45, 7) is 11.0. The lowest BCUT2D eigenvalue weighted by molar-refractivity contribution is -0.118. The molecule has 0 spiro atoms. The van der Waals surface area contributed by atoms with Gasteiger partial charge in [-0.1, -0.05) is 13.8 Å². The van der Waals surface area contributed by atoms with Crippen molar-refractivity contribution in [1.29, 1.82) is 0 Å². The third-order valence-electron chi connectivity index (χ3n) is 5.03. The topological polar surface area (TPSA) is 85.4 Å². The molecule has 31 heavy (non-hydrogen) atoms. The zero-order valence-corrected chi connectivity index (χ0v) is 19.3. The van der Waals surface area contributed by atoms with Crippen molar-refractivity contribution in [2.75, 3.05) is 5.32 Å². The number of nitrogens with zero attached hydrogens (tertiary/aromatic N) is 1. The van der Waals surface area contributed by atoms with Gasteiger partial charge < -0.3 is 10.1 Å². The molecular weight excluding hydrogens is 412 g/mol. The first-order chi connectivity index (χ1) is 14.6. The molecule has 7 heteroatoms. The Morgan fingerprint density at radius 1 is 1.03 bits per heavy atom. The van der Waals surface area contributed by atoms with E-state index in [1.807, 2.05) is 26.8 Å². The van der Waals surface area contributed by atoms with E-state index in [0.717, 1.165) is 27.0 Å². The van der Waals surface area contributed by atoms with Crippen LogP contribution in [-0.4, -0.2) is 28.7 Å². The van der Waals surface area contributed by atoms with Gasteiger partial charge in [0.1, 0.15) is 9.71 Å². The molecule has 0 bridgehead atoms. The van der Waals surface area contributed by atoms with Crippen molar-refractivity contribution in [3.8, 4) is 0 Å². The normalized spacial score (nSPS) is 12.1. The number of esters is 1. The standard InChI is InChI=1S/C24H26N2O4S/c1-12(2)22(28)26-18-9-7-17(8-10-18)20(27)16(6)30-24(29)21-15(5)19-13(3)11-14(4)25-23(19)31-21/h7-12,16H,1-6H3,(H,26,28). The summed E-state index contributed by atoms with van der Waals surface area (Å²) in [6.07, 6.45) is -0.941. The van der Waals surface area contributed by atoms with Gasteiger partial charge in [-0.2, -0.15) is 0 Å². The highest BCUT2D eigenvalue weighted by atomic mass is 32.1. The third kappa shape index (κ3) is 4.82. The van der Waals surface area contributed by atoms with Gasteiger partial charge in [-0.25, -0.2) is 9.78 Å². The van der Waals surface area contributed by atoms with Gasteiger partial charge in [0.25, 0.3) is 0 Å². The Morgan fingerprint density at radius 3 is 2.29 bits per heavy atom. The molecular formula is C24H26N2O4S. The average Bonchev–Trinajstić information content (AvgIpc) is 3.04. The Labute approximate surface area is 185 Å². The molecule has 0 saturated heterocycles. The van der Waals surface area contributed by atoms with Crippen molar-refractivity contribution in [3.63, 3.8) is 0 Å². The SMILES string of the molecule is Cc1cc(C)c2c(C)c(C(=O)OC(C)C(=O)c3ccc(NC(=O)C(C)C)cc3)sc2n1. The molecule has 1 atom stereocenters. The molecule has 3 aromatic rings. The number of aromatic nitrogens is 1. The number of aryl methyl sites for hydroxylation is 3. The van der Waals surface area contributed by atoms with Gasteiger partial charge in [0, 0.05) is 28.2 Å². The van der Waals surface area contributed by atoms with Crippen LogP contribution in [0, 0.1) is 26.7 Å². The zero-order chi connectivity index (χ0) is 22.9. The second kappa shape index (κ2) is 8.98. The number of thiophene rings is 1. The minimum Gasteiger partial charge on any atom is -0.450 e. The Hall–Kier alpha value is -3.06. The summed E-state index contributed by atoms with van der Waals surface area (Å²) in [5.74, 6) is -1.07. The minimum absolute atomic E-state index is 0.0972. The summed E-state index contributed by atoms with van der Waals surface area (Å²) in [7, 11) is 0. The van der Waals surface area contributed by atoms with Crippen LogP contribution in [0.3, 0.4) is 0 Å². The first-order valence-corrected chi connectivity index (χ1v) is 10.9. The number of nitrogens with one attached hydrogen (secondary N) is 1. The van der Waals surface area contributed by atoms with Crippen molar-refractivity contribution < 1.29 is 19.1 Å². The predicted molar refractivity (Wildman–Crippen MR) is 123 cm³/mol. The molecule has 0 aliphatic rings. The number of rotatable bonds is 6. The van der Waals surface area contributed by atoms with E-state index in [4.69, 9.17) is 4.74 Å². The fraction of sp³-hybridized carbons (Fsp3) is 0.333. The van der Waals surface area contributed by atoms with E-state index in [2.05, 4.69) is 10.3 Å². The number of amides is 1. The molecule has 0 aliphatic heterocycles. The number of carbonyl (C=O) groups excluding carboxylic acids is 3. The first kappa shape index (κ1) is 22.6. The van der Waals surface area contributed by atoms with Crippen LogP contribution in [-0.2, 0) is 9.53 Å². The van der Waals surface area contributed by atoms with E-state index in [-0.39, 0.29) is 17.6 Å². The van der Waals surface area contributed by atoms with Crippen LogP contribution in [0.15, 0.2) is 30.3 Å². The number of Topliss-reactive ketones (excluding diaryl/α,β-unsaturated/α-hetero) is 1. The highest BCUT2D eigenvalue weighted by molar-refractivity contribution is 7.20. The number of carbonyl (C=O) groups is 3. The van der Waals surface area contributed by atoms with Crippen LogP contribution < -0.4 is 5.32 Å². The van der Waals surface area contributed by atoms with Crippen LogP contribution >= 0.6 is 11.3 Å². The Balaban J connectivity index is 1.73. The summed E-state index contributed by atoms with van der Waals surface area (Å²) >= 11 is 1.28. The van der Waals surface area contributed by atoms with E-state index in [1.165, 1.54) is 11.3 Å². The second-order valence-corrected chi connectivity index (χ2v) is 8.95. The molecule has 0 aliphatic carbocycles. The van der Waals surface area contributed by atoms with Gasteiger partial charge in [0.2, 0.25) is 11.7 Å². The first-order valence-electron chi connectivity index (χ1n) is 10.1. The van der Waals surface area contributed by atoms with Gasteiger partial charge in [0.05, 0.1) is 0 Å². The predicted octanol–water partition coefficient (Wildman–Crippen LogP) is 5.24. The van der Waals surface area contributed by atoms with E-state index < -0.39 is 12.1 Å². The van der Waals surface area contributed by atoms with Crippen LogP contribution in [0.2, 0.25) is 0 Å². The Morgan fingerprint density at radius 2 is 1.68 bits per heavy atom. The van der Waals surface area contributed by atoms with E-state index in [9.17, 15) is 14.4 Å². The van der Waals surface area contributed by atoms with Crippen molar-refractivity contribution in [2.24, 2.45) is 5.92 Å². The molecule has 2 aromatic heterocycles. The third-order valence-corrected chi connectivity index (χ3v) is 6.19. The van der Waals surface area contributed by atoms with Crippen molar-refractivity contribution >= 4 is 44.9 Å². The molecule has 2 heterocycles. The van der Waals surface area contributed by atoms with Crippen molar-refractivity contribution in [3.05, 3.63) is 57.6 Å². The highest BCUT2D eigenvalue weighted by Gasteiger charge is 2.24. The number of ketones is 1. The summed E-state index contributed by atoms with van der Waals surface area (Å²) in [4.78, 5) is 43.1. The summed E-state index contributed by atoms with van der Waals surface area (Å²) in [5, 5.41) is 3.74. The lowest BCUT2D eigenvalue weighted by Gasteiger charge is -2.13. The van der Waals surface area contributed by atoms with Gasteiger partial charge in [-0.15, -0.1) is 11.3 Å². The summed E-state index contributed by atoms with van der Waals surface area (Å²) in [5.41, 5.74) is 3.79. The molecule has 0 fully saturated rings.